The maximum Gasteiger partial charge on any atom is 0.0714 e. The number of hydrogen-bond donors (Lipinski definition) is 0. The van der Waals surface area contributed by atoms with E-state index in [1.54, 1.807) is 0 Å². The summed E-state index contributed by atoms with van der Waals surface area (Å²) in [5.74, 6) is 0. The molecular weight excluding hydrogens is 440 g/mol. The summed E-state index contributed by atoms with van der Waals surface area (Å²) in [5.41, 5.74) is 7.05. The van der Waals surface area contributed by atoms with E-state index in [0.717, 1.165) is 10.6 Å². The van der Waals surface area contributed by atoms with E-state index in [4.69, 9.17) is 11.6 Å². The lowest BCUT2D eigenvalue weighted by Gasteiger charge is -2.34. The van der Waals surface area contributed by atoms with Gasteiger partial charge in [0.1, 0.15) is 0 Å². The minimum atomic E-state index is -0.421. The summed E-state index contributed by atoms with van der Waals surface area (Å²) in [5, 5.41) is 3.44. The molecule has 1 aliphatic carbocycles. The molecule has 7 rings (SSSR count). The lowest BCUT2D eigenvalue weighted by molar-refractivity contribution is 0.769. The number of thiophene rings is 1. The summed E-state index contributed by atoms with van der Waals surface area (Å²) >= 11 is 8.79. The second-order valence-electron chi connectivity index (χ2n) is 8.64. The predicted molar refractivity (Wildman–Crippen MR) is 142 cm³/mol. The molecule has 1 aromatic heterocycles. The van der Waals surface area contributed by atoms with Crippen LogP contribution in [0.1, 0.15) is 22.3 Å². The number of hydrogen-bond acceptors (Lipinski definition) is 1. The van der Waals surface area contributed by atoms with Crippen molar-refractivity contribution in [3.8, 4) is 11.1 Å². The Morgan fingerprint density at radius 2 is 1.21 bits per heavy atom. The molecule has 0 radical (unpaired) electrons. The second-order valence-corrected chi connectivity index (χ2v) is 10.1. The Morgan fingerprint density at radius 1 is 0.545 bits per heavy atom. The SMILES string of the molecule is Clc1cccc2c1-c1cc3sc4ccccc4c3cc1C2(c1ccccc1)c1ccccc1. The molecule has 1 heterocycles. The van der Waals surface area contributed by atoms with E-state index in [2.05, 4.69) is 109 Å². The Bertz CT molecular complexity index is 1620. The molecule has 156 valence electrons. The molecule has 0 unspecified atom stereocenters. The fraction of sp³-hybridized carbons (Fsp3) is 0.0323. The third-order valence-corrected chi connectivity index (χ3v) is 8.47. The van der Waals surface area contributed by atoms with E-state index >= 15 is 0 Å². The van der Waals surface area contributed by atoms with Crippen molar-refractivity contribution in [2.24, 2.45) is 0 Å². The normalized spacial score (nSPS) is 13.8. The van der Waals surface area contributed by atoms with Crippen LogP contribution in [0, 0.1) is 0 Å². The minimum Gasteiger partial charge on any atom is -0.135 e. The van der Waals surface area contributed by atoms with Gasteiger partial charge in [-0.05, 0) is 52.1 Å². The Balaban J connectivity index is 1.72. The smallest absolute Gasteiger partial charge is 0.0714 e. The monoisotopic (exact) mass is 458 g/mol. The largest absolute Gasteiger partial charge is 0.135 e. The standard InChI is InChI=1S/C31H19ClS/c32-27-16-9-15-25-30(27)24-19-29-23(22-14-7-8-17-28(22)33-29)18-26(24)31(25,20-10-3-1-4-11-20)21-12-5-2-6-13-21/h1-19H. The van der Waals surface area contributed by atoms with Gasteiger partial charge in [-0.2, -0.15) is 0 Å². The van der Waals surface area contributed by atoms with E-state index in [9.17, 15) is 0 Å². The first kappa shape index (κ1) is 19.1. The van der Waals surface area contributed by atoms with Gasteiger partial charge in [-0.3, -0.25) is 0 Å². The number of rotatable bonds is 2. The summed E-state index contributed by atoms with van der Waals surface area (Å²) in [6.07, 6.45) is 0. The lowest BCUT2D eigenvalue weighted by Crippen LogP contribution is -2.28. The summed E-state index contributed by atoms with van der Waals surface area (Å²) in [4.78, 5) is 0. The fourth-order valence-corrected chi connectivity index (χ4v) is 7.11. The second kappa shape index (κ2) is 7.05. The van der Waals surface area contributed by atoms with Crippen molar-refractivity contribution in [2.75, 3.05) is 0 Å². The third-order valence-electron chi connectivity index (χ3n) is 7.02. The van der Waals surface area contributed by atoms with Crippen molar-refractivity contribution in [2.45, 2.75) is 5.41 Å². The molecule has 5 aromatic carbocycles. The van der Waals surface area contributed by atoms with Gasteiger partial charge < -0.3 is 0 Å². The first-order chi connectivity index (χ1) is 16.3. The van der Waals surface area contributed by atoms with Crippen LogP contribution in [0.15, 0.2) is 115 Å². The van der Waals surface area contributed by atoms with Gasteiger partial charge in [0.25, 0.3) is 0 Å². The summed E-state index contributed by atoms with van der Waals surface area (Å²) in [6.45, 7) is 0. The van der Waals surface area contributed by atoms with Crippen molar-refractivity contribution in [3.05, 3.63) is 143 Å². The van der Waals surface area contributed by atoms with Crippen molar-refractivity contribution >= 4 is 43.1 Å². The zero-order chi connectivity index (χ0) is 22.0. The Morgan fingerprint density at radius 3 is 1.94 bits per heavy atom. The molecule has 2 heteroatoms. The van der Waals surface area contributed by atoms with Gasteiger partial charge in [0.15, 0.2) is 0 Å². The molecule has 1 aliphatic rings. The van der Waals surface area contributed by atoms with Crippen LogP contribution >= 0.6 is 22.9 Å². The Hall–Kier alpha value is -3.39. The van der Waals surface area contributed by atoms with Crippen molar-refractivity contribution in [3.63, 3.8) is 0 Å². The quantitative estimate of drug-likeness (QED) is 0.242. The molecule has 0 amide bonds. The first-order valence-corrected chi connectivity index (χ1v) is 12.3. The average molecular weight is 459 g/mol. The van der Waals surface area contributed by atoms with Gasteiger partial charge in [0.2, 0.25) is 0 Å². The molecule has 0 saturated heterocycles. The van der Waals surface area contributed by atoms with Crippen molar-refractivity contribution in [1.29, 1.82) is 0 Å². The molecule has 0 bridgehead atoms. The van der Waals surface area contributed by atoms with Gasteiger partial charge in [0, 0.05) is 30.8 Å². The zero-order valence-corrected chi connectivity index (χ0v) is 19.3. The van der Waals surface area contributed by atoms with Crippen molar-refractivity contribution in [1.82, 2.24) is 0 Å². The van der Waals surface area contributed by atoms with Crippen LogP contribution in [0.25, 0.3) is 31.3 Å². The molecular formula is C31H19ClS. The first-order valence-electron chi connectivity index (χ1n) is 11.1. The number of benzene rings is 5. The number of halogens is 1. The van der Waals surface area contributed by atoms with Crippen LogP contribution < -0.4 is 0 Å². The van der Waals surface area contributed by atoms with Crippen LogP contribution in [0.4, 0.5) is 0 Å². The maximum absolute atomic E-state index is 6.93. The molecule has 0 nitrogen and oxygen atoms in total. The third kappa shape index (κ3) is 2.52. The van der Waals surface area contributed by atoms with Gasteiger partial charge >= 0.3 is 0 Å². The highest BCUT2D eigenvalue weighted by molar-refractivity contribution is 7.25. The molecule has 6 aromatic rings. The molecule has 0 saturated carbocycles. The predicted octanol–water partition coefficient (Wildman–Crippen LogP) is 9.07. The molecule has 0 atom stereocenters. The fourth-order valence-electron chi connectivity index (χ4n) is 5.71. The van der Waals surface area contributed by atoms with Crippen molar-refractivity contribution < 1.29 is 0 Å². The van der Waals surface area contributed by atoms with E-state index in [1.807, 2.05) is 17.4 Å². The summed E-state index contributed by atoms with van der Waals surface area (Å²) in [7, 11) is 0. The highest BCUT2D eigenvalue weighted by Gasteiger charge is 2.47. The molecule has 33 heavy (non-hydrogen) atoms. The zero-order valence-electron chi connectivity index (χ0n) is 17.8. The van der Waals surface area contributed by atoms with Gasteiger partial charge in [-0.1, -0.05) is 103 Å². The van der Waals surface area contributed by atoms with Gasteiger partial charge in [-0.15, -0.1) is 11.3 Å². The van der Waals surface area contributed by atoms with Gasteiger partial charge in [-0.25, -0.2) is 0 Å². The number of fused-ring (bicyclic) bond motifs is 6. The highest BCUT2D eigenvalue weighted by atomic mass is 35.5. The molecule has 0 spiro atoms. The van der Waals surface area contributed by atoms with Gasteiger partial charge in [0.05, 0.1) is 5.41 Å². The molecule has 0 aliphatic heterocycles. The van der Waals surface area contributed by atoms with E-state index in [-0.39, 0.29) is 0 Å². The highest BCUT2D eigenvalue weighted by Crippen LogP contribution is 2.59. The Labute approximate surface area is 201 Å². The van der Waals surface area contributed by atoms with Crippen LogP contribution in [0.2, 0.25) is 5.02 Å². The Kier molecular flexibility index (Phi) is 4.08. The van der Waals surface area contributed by atoms with Crippen LogP contribution in [0.3, 0.4) is 0 Å². The van der Waals surface area contributed by atoms with Crippen LogP contribution in [-0.4, -0.2) is 0 Å². The minimum absolute atomic E-state index is 0.421. The average Bonchev–Trinajstić information content (AvgIpc) is 3.37. The van der Waals surface area contributed by atoms with Crippen LogP contribution in [-0.2, 0) is 5.41 Å². The van der Waals surface area contributed by atoms with E-state index in [0.29, 0.717) is 0 Å². The topological polar surface area (TPSA) is 0 Å². The van der Waals surface area contributed by atoms with E-state index in [1.165, 1.54) is 48.0 Å². The maximum atomic E-state index is 6.93. The molecule has 0 N–H and O–H groups in total. The lowest BCUT2D eigenvalue weighted by atomic mass is 9.67. The summed E-state index contributed by atoms with van der Waals surface area (Å²) < 4.78 is 2.62. The van der Waals surface area contributed by atoms with Crippen LogP contribution in [0.5, 0.6) is 0 Å². The molecule has 0 fully saturated rings. The summed E-state index contributed by atoms with van der Waals surface area (Å²) in [6, 6.07) is 41.6. The van der Waals surface area contributed by atoms with E-state index < -0.39 is 5.41 Å².